The van der Waals surface area contributed by atoms with Gasteiger partial charge in [0.15, 0.2) is 0 Å². The molecule has 20 heavy (non-hydrogen) atoms. The Morgan fingerprint density at radius 3 is 2.40 bits per heavy atom. The van der Waals surface area contributed by atoms with Gasteiger partial charge in [0.05, 0.1) is 6.20 Å². The number of rotatable bonds is 2. The minimum absolute atomic E-state index is 0.0942. The zero-order valence-electron chi connectivity index (χ0n) is 12.0. The second-order valence-corrected chi connectivity index (χ2v) is 5.73. The van der Waals surface area contributed by atoms with Crippen molar-refractivity contribution in [3.63, 3.8) is 0 Å². The van der Waals surface area contributed by atoms with E-state index in [-0.39, 0.29) is 17.7 Å². The van der Waals surface area contributed by atoms with Gasteiger partial charge in [0.1, 0.15) is 0 Å². The third-order valence-corrected chi connectivity index (χ3v) is 4.30. The van der Waals surface area contributed by atoms with E-state index in [1.54, 1.807) is 16.5 Å². The van der Waals surface area contributed by atoms with Crippen LogP contribution in [0, 0.1) is 5.92 Å². The molecule has 0 aromatic carbocycles. The normalized spacial score (nSPS) is 25.7. The summed E-state index contributed by atoms with van der Waals surface area (Å²) in [5.74, 6) is 0.781. The number of amides is 2. The number of carbonyl (C=O) groups is 2. The summed E-state index contributed by atoms with van der Waals surface area (Å²) in [6, 6.07) is 0. The van der Waals surface area contributed by atoms with Crippen LogP contribution in [0.25, 0.3) is 0 Å². The maximum atomic E-state index is 12.4. The standard InChI is InChI=1S/C14H20N4O2/c1-10(19)17-3-5-18(6-4-17)14(20)13-7-12(13)11-8-15-16(2)9-11/h8-9,12-13H,3-7H2,1-2H3. The van der Waals surface area contributed by atoms with E-state index in [9.17, 15) is 9.59 Å². The lowest BCUT2D eigenvalue weighted by Crippen LogP contribution is -2.50. The van der Waals surface area contributed by atoms with Crippen LogP contribution in [0.3, 0.4) is 0 Å². The van der Waals surface area contributed by atoms with Crippen LogP contribution in [0.2, 0.25) is 0 Å². The van der Waals surface area contributed by atoms with Crippen molar-refractivity contribution in [3.05, 3.63) is 18.0 Å². The molecule has 6 heteroatoms. The van der Waals surface area contributed by atoms with Gasteiger partial charge in [-0.15, -0.1) is 0 Å². The van der Waals surface area contributed by atoms with E-state index in [4.69, 9.17) is 0 Å². The van der Waals surface area contributed by atoms with Crippen molar-refractivity contribution >= 4 is 11.8 Å². The first-order chi connectivity index (χ1) is 9.56. The molecule has 1 saturated carbocycles. The summed E-state index contributed by atoms with van der Waals surface area (Å²) in [5.41, 5.74) is 1.16. The molecule has 2 fully saturated rings. The van der Waals surface area contributed by atoms with Gasteiger partial charge in [0, 0.05) is 52.3 Å². The van der Waals surface area contributed by atoms with E-state index in [1.807, 2.05) is 24.3 Å². The van der Waals surface area contributed by atoms with Gasteiger partial charge < -0.3 is 9.80 Å². The Kier molecular flexibility index (Phi) is 3.23. The van der Waals surface area contributed by atoms with E-state index in [2.05, 4.69) is 5.10 Å². The van der Waals surface area contributed by atoms with E-state index in [0.29, 0.717) is 32.1 Å². The minimum Gasteiger partial charge on any atom is -0.339 e. The molecule has 1 aromatic rings. The highest BCUT2D eigenvalue weighted by molar-refractivity contribution is 5.83. The first kappa shape index (κ1) is 13.1. The maximum Gasteiger partial charge on any atom is 0.226 e. The van der Waals surface area contributed by atoms with Crippen LogP contribution < -0.4 is 0 Å². The minimum atomic E-state index is 0.0942. The second-order valence-electron chi connectivity index (χ2n) is 5.73. The zero-order chi connectivity index (χ0) is 14.3. The van der Waals surface area contributed by atoms with E-state index in [1.165, 1.54) is 0 Å². The summed E-state index contributed by atoms with van der Waals surface area (Å²) >= 11 is 0. The molecule has 0 N–H and O–H groups in total. The maximum absolute atomic E-state index is 12.4. The lowest BCUT2D eigenvalue weighted by atomic mass is 10.1. The van der Waals surface area contributed by atoms with Gasteiger partial charge in [-0.2, -0.15) is 5.10 Å². The van der Waals surface area contributed by atoms with E-state index < -0.39 is 0 Å². The number of carbonyl (C=O) groups excluding carboxylic acids is 2. The molecule has 6 nitrogen and oxygen atoms in total. The van der Waals surface area contributed by atoms with Crippen molar-refractivity contribution in [2.75, 3.05) is 26.2 Å². The SMILES string of the molecule is CC(=O)N1CCN(C(=O)C2CC2c2cnn(C)c2)CC1. The third-order valence-electron chi connectivity index (χ3n) is 4.30. The van der Waals surface area contributed by atoms with Crippen molar-refractivity contribution in [2.45, 2.75) is 19.3 Å². The van der Waals surface area contributed by atoms with Crippen molar-refractivity contribution in [3.8, 4) is 0 Å². The van der Waals surface area contributed by atoms with E-state index >= 15 is 0 Å². The molecule has 2 heterocycles. The summed E-state index contributed by atoms with van der Waals surface area (Å²) in [6.07, 6.45) is 4.77. The Morgan fingerprint density at radius 1 is 1.20 bits per heavy atom. The van der Waals surface area contributed by atoms with Crippen molar-refractivity contribution in [2.24, 2.45) is 13.0 Å². The molecule has 2 unspecified atom stereocenters. The Labute approximate surface area is 118 Å². The highest BCUT2D eigenvalue weighted by atomic mass is 16.2. The lowest BCUT2D eigenvalue weighted by Gasteiger charge is -2.34. The average Bonchev–Trinajstić information content (AvgIpc) is 3.13. The van der Waals surface area contributed by atoms with E-state index in [0.717, 1.165) is 12.0 Å². The fraction of sp³-hybridized carbons (Fsp3) is 0.643. The molecule has 1 saturated heterocycles. The quantitative estimate of drug-likeness (QED) is 0.776. The van der Waals surface area contributed by atoms with Gasteiger partial charge in [-0.3, -0.25) is 14.3 Å². The Morgan fingerprint density at radius 2 is 1.85 bits per heavy atom. The first-order valence-corrected chi connectivity index (χ1v) is 7.09. The molecule has 0 bridgehead atoms. The van der Waals surface area contributed by atoms with Gasteiger partial charge in [-0.05, 0) is 17.9 Å². The largest absolute Gasteiger partial charge is 0.339 e. The molecular formula is C14H20N4O2. The van der Waals surface area contributed by atoms with Crippen LogP contribution in [0.5, 0.6) is 0 Å². The fourth-order valence-corrected chi connectivity index (χ4v) is 2.94. The molecule has 108 valence electrons. The highest BCUT2D eigenvalue weighted by Gasteiger charge is 2.46. The first-order valence-electron chi connectivity index (χ1n) is 7.09. The monoisotopic (exact) mass is 276 g/mol. The van der Waals surface area contributed by atoms with Gasteiger partial charge in [0.25, 0.3) is 0 Å². The number of nitrogens with zero attached hydrogens (tertiary/aromatic N) is 4. The topological polar surface area (TPSA) is 58.4 Å². The molecule has 2 atom stereocenters. The lowest BCUT2D eigenvalue weighted by molar-refractivity contribution is -0.139. The summed E-state index contributed by atoms with van der Waals surface area (Å²) < 4.78 is 1.78. The summed E-state index contributed by atoms with van der Waals surface area (Å²) in [7, 11) is 1.89. The number of hydrogen-bond donors (Lipinski definition) is 0. The fourth-order valence-electron chi connectivity index (χ4n) is 2.94. The Balaban J connectivity index is 1.55. The smallest absolute Gasteiger partial charge is 0.226 e. The summed E-state index contributed by atoms with van der Waals surface area (Å²) in [4.78, 5) is 27.4. The van der Waals surface area contributed by atoms with Gasteiger partial charge in [-0.25, -0.2) is 0 Å². The summed E-state index contributed by atoms with van der Waals surface area (Å²) in [5, 5.41) is 4.16. The third kappa shape index (κ3) is 2.42. The second kappa shape index (κ2) is 4.92. The number of aromatic nitrogens is 2. The number of hydrogen-bond acceptors (Lipinski definition) is 3. The van der Waals surface area contributed by atoms with Crippen molar-refractivity contribution in [1.29, 1.82) is 0 Å². The van der Waals surface area contributed by atoms with Crippen LogP contribution in [0.4, 0.5) is 0 Å². The van der Waals surface area contributed by atoms with Gasteiger partial charge in [0.2, 0.25) is 11.8 Å². The van der Waals surface area contributed by atoms with Crippen LogP contribution in [-0.2, 0) is 16.6 Å². The Bertz CT molecular complexity index is 531. The molecule has 1 aliphatic heterocycles. The molecule has 2 amide bonds. The molecular weight excluding hydrogens is 256 g/mol. The summed E-state index contributed by atoms with van der Waals surface area (Å²) in [6.45, 7) is 4.22. The van der Waals surface area contributed by atoms with Gasteiger partial charge in [-0.1, -0.05) is 0 Å². The highest BCUT2D eigenvalue weighted by Crippen LogP contribution is 2.48. The van der Waals surface area contributed by atoms with Crippen LogP contribution in [-0.4, -0.2) is 57.6 Å². The van der Waals surface area contributed by atoms with Gasteiger partial charge >= 0.3 is 0 Å². The predicted octanol–water partition coefficient (Wildman–Crippen LogP) is 0.214. The van der Waals surface area contributed by atoms with Crippen LogP contribution >= 0.6 is 0 Å². The number of aryl methyl sites for hydroxylation is 1. The van der Waals surface area contributed by atoms with Crippen molar-refractivity contribution in [1.82, 2.24) is 19.6 Å². The zero-order valence-corrected chi connectivity index (χ0v) is 12.0. The van der Waals surface area contributed by atoms with Crippen molar-refractivity contribution < 1.29 is 9.59 Å². The predicted molar refractivity (Wildman–Crippen MR) is 72.9 cm³/mol. The number of piperazine rings is 1. The Hall–Kier alpha value is -1.85. The molecule has 3 rings (SSSR count). The molecule has 0 spiro atoms. The molecule has 2 aliphatic rings. The molecule has 1 aromatic heterocycles. The van der Waals surface area contributed by atoms with Crippen LogP contribution in [0.1, 0.15) is 24.8 Å². The van der Waals surface area contributed by atoms with Crippen LogP contribution in [0.15, 0.2) is 12.4 Å². The molecule has 0 radical (unpaired) electrons. The molecule has 1 aliphatic carbocycles. The average molecular weight is 276 g/mol.